The molecule has 0 aromatic heterocycles. The number of hydrogen-bond donors (Lipinski definition) is 0. The third kappa shape index (κ3) is 1.32. The Morgan fingerprint density at radius 3 is 2.42 bits per heavy atom. The topological polar surface area (TPSA) is 40.6 Å². The Labute approximate surface area is 83.6 Å². The van der Waals surface area contributed by atoms with Crippen molar-refractivity contribution < 1.29 is 9.59 Å². The van der Waals surface area contributed by atoms with Crippen LogP contribution in [0, 0.1) is 0 Å². The van der Waals surface area contributed by atoms with E-state index < -0.39 is 5.38 Å². The summed E-state index contributed by atoms with van der Waals surface area (Å²) in [6.07, 6.45) is 0. The summed E-state index contributed by atoms with van der Waals surface area (Å²) in [4.78, 5) is 24.5. The zero-order chi connectivity index (χ0) is 9.46. The van der Waals surface area contributed by atoms with Crippen LogP contribution in [0.1, 0.15) is 0 Å². The van der Waals surface area contributed by atoms with Crippen LogP contribution in [0.3, 0.4) is 0 Å². The fourth-order valence-corrected chi connectivity index (χ4v) is 1.69. The van der Waals surface area contributed by atoms with Crippen molar-refractivity contribution in [2.45, 2.75) is 10.3 Å². The fraction of sp³-hybridized carbons (Fsp3) is 0.667. The predicted molar refractivity (Wildman–Crippen MR) is 45.1 cm³/mol. The van der Waals surface area contributed by atoms with Gasteiger partial charge < -0.3 is 0 Å². The third-order valence-electron chi connectivity index (χ3n) is 1.79. The molecule has 0 aliphatic carbocycles. The number of urea groups is 1. The van der Waals surface area contributed by atoms with Gasteiger partial charge in [0.05, 0.1) is 0 Å². The third-order valence-corrected chi connectivity index (χ3v) is 3.79. The number of nitrogens with zero attached hydrogens (tertiary/aromatic N) is 2. The summed E-state index contributed by atoms with van der Waals surface area (Å²) >= 11 is 8.44. The Bertz CT molecular complexity index is 214. The van der Waals surface area contributed by atoms with Gasteiger partial charge in [0.15, 0.2) is 0 Å². The Morgan fingerprint density at radius 2 is 1.92 bits per heavy atom. The van der Waals surface area contributed by atoms with Gasteiger partial charge in [-0.2, -0.15) is 0 Å². The minimum absolute atomic E-state index is 0.333. The molecule has 0 spiro atoms. The van der Waals surface area contributed by atoms with Gasteiger partial charge in [-0.05, 0) is 0 Å². The Morgan fingerprint density at radius 1 is 1.42 bits per heavy atom. The number of carbonyl (C=O) groups is 2. The first-order chi connectivity index (χ1) is 5.46. The van der Waals surface area contributed by atoms with E-state index in [2.05, 4.69) is 16.0 Å². The van der Waals surface area contributed by atoms with Crippen molar-refractivity contribution in [1.82, 2.24) is 9.80 Å². The number of rotatable bonds is 0. The molecule has 0 bridgehead atoms. The van der Waals surface area contributed by atoms with Gasteiger partial charge in [-0.25, -0.2) is 0 Å². The van der Waals surface area contributed by atoms with Gasteiger partial charge in [0.2, 0.25) is 0 Å². The Balaban J connectivity index is 2.91. The normalized spacial score (nSPS) is 31.3. The van der Waals surface area contributed by atoms with Gasteiger partial charge in [-0.15, -0.1) is 0 Å². The average molecular weight is 255 g/mol. The first kappa shape index (κ1) is 9.83. The van der Waals surface area contributed by atoms with E-state index in [-0.39, 0.29) is 16.9 Å². The molecule has 4 nitrogen and oxygen atoms in total. The molecule has 0 N–H and O–H groups in total. The number of hydrogen-bond acceptors (Lipinski definition) is 2. The minimum atomic E-state index is -0.683. The number of amides is 3. The van der Waals surface area contributed by atoms with E-state index >= 15 is 0 Å². The summed E-state index contributed by atoms with van der Waals surface area (Å²) in [5, 5.41) is -0.683. The van der Waals surface area contributed by atoms with Crippen LogP contribution in [-0.4, -0.2) is 62.2 Å². The molecule has 0 aromatic carbocycles. The quantitative estimate of drug-likeness (QED) is 0.436. The molecule has 6 heteroatoms. The van der Waals surface area contributed by atoms with Crippen LogP contribution in [0.25, 0.3) is 0 Å². The van der Waals surface area contributed by atoms with E-state index in [0.717, 1.165) is 4.90 Å². The molecule has 1 rings (SSSR count). The summed E-state index contributed by atoms with van der Waals surface area (Å²) in [7, 11) is 3.02. The Hall–Kier alpha value is -0.251. The second-order valence-electron chi connectivity index (χ2n) is 2.58. The van der Waals surface area contributed by atoms with Crippen molar-refractivity contribution in [3.8, 4) is 0 Å². The van der Waals surface area contributed by atoms with Crippen LogP contribution >= 0.6 is 11.6 Å². The molecule has 2 atom stereocenters. The van der Waals surface area contributed by atoms with Crippen LogP contribution in [0.4, 0.5) is 4.79 Å². The van der Waals surface area contributed by atoms with Gasteiger partial charge in [0, 0.05) is 0 Å². The number of halogens is 1. The van der Waals surface area contributed by atoms with Crippen LogP contribution < -0.4 is 0 Å². The first-order valence-corrected chi connectivity index (χ1v) is 4.73. The molecule has 1 radical (unpaired) electrons. The summed E-state index contributed by atoms with van der Waals surface area (Å²) in [5.74, 6) is -0.358. The monoisotopic (exact) mass is 255 g/mol. The molecule has 1 fully saturated rings. The summed E-state index contributed by atoms with van der Waals surface area (Å²) in [5.41, 5.74) is 0. The summed E-state index contributed by atoms with van der Waals surface area (Å²) in [6.45, 7) is 0. The van der Waals surface area contributed by atoms with Gasteiger partial charge in [-0.3, -0.25) is 0 Å². The standard InChI is InChI=1S/C6H8ClN2O2Se/c1-8-4(10)3(7)5(12)9(2)6(8)11/h3,5H,1-2H3. The Kier molecular flexibility index (Phi) is 2.66. The average Bonchev–Trinajstić information content (AvgIpc) is 2.08. The summed E-state index contributed by atoms with van der Waals surface area (Å²) < 4.78 is 0. The molecule has 0 saturated carbocycles. The zero-order valence-corrected chi connectivity index (χ0v) is 9.12. The van der Waals surface area contributed by atoms with Gasteiger partial charge in [-0.1, -0.05) is 0 Å². The molecule has 67 valence electrons. The van der Waals surface area contributed by atoms with Crippen molar-refractivity contribution >= 4 is 39.6 Å². The molecule has 12 heavy (non-hydrogen) atoms. The number of imide groups is 1. The van der Waals surface area contributed by atoms with E-state index in [9.17, 15) is 9.59 Å². The fourth-order valence-electron chi connectivity index (χ4n) is 0.943. The molecule has 1 heterocycles. The van der Waals surface area contributed by atoms with Gasteiger partial charge >= 0.3 is 83.4 Å². The van der Waals surface area contributed by atoms with E-state index in [4.69, 9.17) is 11.6 Å². The second kappa shape index (κ2) is 3.24. The van der Waals surface area contributed by atoms with E-state index in [0.29, 0.717) is 0 Å². The van der Waals surface area contributed by atoms with Crippen molar-refractivity contribution in [2.75, 3.05) is 14.1 Å². The predicted octanol–water partition coefficient (Wildman–Crippen LogP) is -0.388. The SMILES string of the molecule is CN1C(=O)C(Cl)C([Se])N(C)C1=O. The second-order valence-corrected chi connectivity index (χ2v) is 4.07. The molecular weight excluding hydrogens is 246 g/mol. The van der Waals surface area contributed by atoms with Gasteiger partial charge in [0.25, 0.3) is 0 Å². The molecule has 0 aromatic rings. The van der Waals surface area contributed by atoms with Crippen molar-refractivity contribution in [2.24, 2.45) is 0 Å². The molecular formula is C6H8ClN2O2Se. The zero-order valence-electron chi connectivity index (χ0n) is 6.65. The van der Waals surface area contributed by atoms with Crippen molar-refractivity contribution in [3.63, 3.8) is 0 Å². The van der Waals surface area contributed by atoms with E-state index in [1.807, 2.05) is 0 Å². The van der Waals surface area contributed by atoms with Crippen LogP contribution in [0.5, 0.6) is 0 Å². The maximum atomic E-state index is 11.2. The molecule has 1 aliphatic heterocycles. The number of alkyl halides is 1. The molecule has 3 amide bonds. The van der Waals surface area contributed by atoms with Crippen LogP contribution in [0.2, 0.25) is 0 Å². The molecule has 1 aliphatic rings. The summed E-state index contributed by atoms with van der Waals surface area (Å²) in [6, 6.07) is -0.333. The first-order valence-electron chi connectivity index (χ1n) is 3.31. The van der Waals surface area contributed by atoms with Crippen LogP contribution in [0.15, 0.2) is 0 Å². The molecule has 2 unspecified atom stereocenters. The van der Waals surface area contributed by atoms with Gasteiger partial charge in [0.1, 0.15) is 0 Å². The maximum absolute atomic E-state index is 11.2. The molecule has 1 saturated heterocycles. The van der Waals surface area contributed by atoms with E-state index in [1.54, 1.807) is 7.05 Å². The van der Waals surface area contributed by atoms with Crippen molar-refractivity contribution in [3.05, 3.63) is 0 Å². The number of carbonyl (C=O) groups excluding carboxylic acids is 2. The van der Waals surface area contributed by atoms with Crippen molar-refractivity contribution in [1.29, 1.82) is 0 Å². The van der Waals surface area contributed by atoms with Crippen LogP contribution in [-0.2, 0) is 4.79 Å². The van der Waals surface area contributed by atoms with E-state index in [1.165, 1.54) is 11.9 Å².